The number of para-hydroxylation sites is 2. The van der Waals surface area contributed by atoms with Crippen LogP contribution in [-0.2, 0) is 9.53 Å². The molecular formula is C26H31FN4O3S. The van der Waals surface area contributed by atoms with E-state index in [1.165, 1.54) is 22.4 Å². The molecule has 35 heavy (non-hydrogen) atoms. The second-order valence-corrected chi connectivity index (χ2v) is 9.53. The van der Waals surface area contributed by atoms with Gasteiger partial charge in [-0.05, 0) is 50.1 Å². The highest BCUT2D eigenvalue weighted by Gasteiger charge is 2.16. The van der Waals surface area contributed by atoms with E-state index >= 15 is 0 Å². The van der Waals surface area contributed by atoms with Gasteiger partial charge in [-0.2, -0.15) is 0 Å². The molecule has 1 aromatic heterocycles. The van der Waals surface area contributed by atoms with Crippen LogP contribution in [0.2, 0.25) is 0 Å². The van der Waals surface area contributed by atoms with Crippen molar-refractivity contribution in [3.05, 3.63) is 64.7 Å². The fourth-order valence-corrected chi connectivity index (χ4v) is 5.05. The van der Waals surface area contributed by atoms with Crippen molar-refractivity contribution in [1.29, 1.82) is 0 Å². The second kappa shape index (κ2) is 12.8. The molecule has 1 amide bonds. The summed E-state index contributed by atoms with van der Waals surface area (Å²) in [7, 11) is 0. The molecule has 0 atom stereocenters. The standard InChI is InChI=1S/C26H31FN4O3S/c27-21-9-2-4-11-23(21)31-25(33)20-8-1-3-10-22(20)29-26(31)35-19-6-5-12-24(32)28-13-7-14-30-15-17-34-18-16-30/h1-4,8-11H,5-7,12-19H2,(H,28,32). The monoisotopic (exact) mass is 498 g/mol. The number of carbonyl (C=O) groups excluding carboxylic acids is 1. The van der Waals surface area contributed by atoms with Crippen molar-refractivity contribution in [2.24, 2.45) is 0 Å². The van der Waals surface area contributed by atoms with Crippen molar-refractivity contribution in [3.8, 4) is 5.69 Å². The van der Waals surface area contributed by atoms with Crippen molar-refractivity contribution in [1.82, 2.24) is 19.8 Å². The highest BCUT2D eigenvalue weighted by atomic mass is 32.2. The maximum absolute atomic E-state index is 14.6. The molecule has 0 spiro atoms. The molecule has 3 aromatic rings. The van der Waals surface area contributed by atoms with Crippen LogP contribution in [0, 0.1) is 5.82 Å². The van der Waals surface area contributed by atoms with Crippen LogP contribution in [-0.4, -0.2) is 65.5 Å². The van der Waals surface area contributed by atoms with Crippen LogP contribution < -0.4 is 10.9 Å². The lowest BCUT2D eigenvalue weighted by atomic mass is 10.2. The van der Waals surface area contributed by atoms with Gasteiger partial charge in [0.05, 0.1) is 29.8 Å². The second-order valence-electron chi connectivity index (χ2n) is 8.47. The Morgan fingerprint density at radius 2 is 1.83 bits per heavy atom. The van der Waals surface area contributed by atoms with E-state index in [9.17, 15) is 14.0 Å². The van der Waals surface area contributed by atoms with Crippen LogP contribution in [0.15, 0.2) is 58.5 Å². The molecule has 1 fully saturated rings. The smallest absolute Gasteiger partial charge is 0.266 e. The molecule has 1 saturated heterocycles. The number of ether oxygens (including phenoxy) is 1. The summed E-state index contributed by atoms with van der Waals surface area (Å²) in [5, 5.41) is 3.89. The molecule has 2 aromatic carbocycles. The summed E-state index contributed by atoms with van der Waals surface area (Å²) in [6, 6.07) is 13.3. The van der Waals surface area contributed by atoms with Crippen LogP contribution >= 0.6 is 11.8 Å². The third kappa shape index (κ3) is 6.90. The van der Waals surface area contributed by atoms with Gasteiger partial charge in [0.15, 0.2) is 5.16 Å². The predicted octanol–water partition coefficient (Wildman–Crippen LogP) is 3.63. The van der Waals surface area contributed by atoms with Crippen molar-refractivity contribution in [2.45, 2.75) is 30.8 Å². The van der Waals surface area contributed by atoms with Crippen molar-refractivity contribution >= 4 is 28.6 Å². The average Bonchev–Trinajstić information content (AvgIpc) is 2.88. The fourth-order valence-electron chi connectivity index (χ4n) is 4.05. The molecule has 186 valence electrons. The zero-order valence-corrected chi connectivity index (χ0v) is 20.6. The molecule has 2 heterocycles. The number of carbonyl (C=O) groups is 1. The van der Waals surface area contributed by atoms with Gasteiger partial charge in [-0.3, -0.25) is 19.1 Å². The van der Waals surface area contributed by atoms with E-state index in [0.29, 0.717) is 34.8 Å². The third-order valence-electron chi connectivity index (χ3n) is 5.94. The number of morpholine rings is 1. The minimum atomic E-state index is -0.473. The normalized spacial score (nSPS) is 14.3. The number of halogens is 1. The van der Waals surface area contributed by atoms with Crippen molar-refractivity contribution in [3.63, 3.8) is 0 Å². The number of rotatable bonds is 11. The molecule has 7 nitrogen and oxygen atoms in total. The van der Waals surface area contributed by atoms with Gasteiger partial charge >= 0.3 is 0 Å². The first-order valence-corrected chi connectivity index (χ1v) is 13.1. The maximum atomic E-state index is 14.6. The number of benzene rings is 2. The minimum absolute atomic E-state index is 0.0593. The maximum Gasteiger partial charge on any atom is 0.266 e. The highest BCUT2D eigenvalue weighted by molar-refractivity contribution is 7.99. The molecule has 1 aliphatic rings. The van der Waals surface area contributed by atoms with Crippen LogP contribution in [0.1, 0.15) is 25.7 Å². The van der Waals surface area contributed by atoms with E-state index < -0.39 is 5.82 Å². The summed E-state index contributed by atoms with van der Waals surface area (Å²) in [6.45, 7) is 5.15. The number of thioether (sulfide) groups is 1. The van der Waals surface area contributed by atoms with E-state index in [1.807, 2.05) is 6.07 Å². The number of unbranched alkanes of at least 4 members (excludes halogenated alkanes) is 1. The van der Waals surface area contributed by atoms with Gasteiger partial charge < -0.3 is 10.1 Å². The molecule has 0 radical (unpaired) electrons. The largest absolute Gasteiger partial charge is 0.379 e. The summed E-state index contributed by atoms with van der Waals surface area (Å²) < 4.78 is 21.2. The SMILES string of the molecule is O=C(CCCCSc1nc2ccccc2c(=O)n1-c1ccccc1F)NCCCN1CCOCC1. The Morgan fingerprint density at radius 1 is 1.06 bits per heavy atom. The van der Waals surface area contributed by atoms with E-state index in [1.54, 1.807) is 36.4 Å². The Morgan fingerprint density at radius 3 is 2.66 bits per heavy atom. The van der Waals surface area contributed by atoms with Crippen molar-refractivity contribution < 1.29 is 13.9 Å². The molecule has 4 rings (SSSR count). The number of hydrogen-bond acceptors (Lipinski definition) is 6. The number of amides is 1. The predicted molar refractivity (Wildman–Crippen MR) is 137 cm³/mol. The number of fused-ring (bicyclic) bond motifs is 1. The molecule has 9 heteroatoms. The minimum Gasteiger partial charge on any atom is -0.379 e. The van der Waals surface area contributed by atoms with E-state index in [2.05, 4.69) is 15.2 Å². The van der Waals surface area contributed by atoms with Gasteiger partial charge in [-0.1, -0.05) is 36.0 Å². The summed E-state index contributed by atoms with van der Waals surface area (Å²) in [6.07, 6.45) is 2.91. The van der Waals surface area contributed by atoms with Crippen molar-refractivity contribution in [2.75, 3.05) is 45.1 Å². The van der Waals surface area contributed by atoms with Crippen LogP contribution in [0.3, 0.4) is 0 Å². The zero-order valence-electron chi connectivity index (χ0n) is 19.7. The van der Waals surface area contributed by atoms with E-state index in [0.717, 1.165) is 52.1 Å². The van der Waals surface area contributed by atoms with E-state index in [-0.39, 0.29) is 17.2 Å². The van der Waals surface area contributed by atoms with Gasteiger partial charge in [0.25, 0.3) is 5.56 Å². The Bertz CT molecular complexity index is 1200. The third-order valence-corrected chi connectivity index (χ3v) is 6.97. The highest BCUT2D eigenvalue weighted by Crippen LogP contribution is 2.23. The average molecular weight is 499 g/mol. The summed E-state index contributed by atoms with van der Waals surface area (Å²) in [4.78, 5) is 32.3. The summed E-state index contributed by atoms with van der Waals surface area (Å²) >= 11 is 1.41. The van der Waals surface area contributed by atoms with Gasteiger partial charge in [0.2, 0.25) is 5.91 Å². The first-order chi connectivity index (χ1) is 17.1. The molecule has 0 bridgehead atoms. The lowest BCUT2D eigenvalue weighted by Gasteiger charge is -2.26. The molecule has 0 unspecified atom stereocenters. The van der Waals surface area contributed by atoms with Gasteiger partial charge in [-0.15, -0.1) is 0 Å². The van der Waals surface area contributed by atoms with Gasteiger partial charge in [0, 0.05) is 31.8 Å². The first-order valence-electron chi connectivity index (χ1n) is 12.1. The fraction of sp³-hybridized carbons (Fsp3) is 0.423. The molecule has 1 N–H and O–H groups in total. The summed E-state index contributed by atoms with van der Waals surface area (Å²) in [5.41, 5.74) is 0.485. The number of aromatic nitrogens is 2. The van der Waals surface area contributed by atoms with Crippen LogP contribution in [0.4, 0.5) is 4.39 Å². The Kier molecular flexibility index (Phi) is 9.28. The van der Waals surface area contributed by atoms with Gasteiger partial charge in [-0.25, -0.2) is 9.37 Å². The zero-order chi connectivity index (χ0) is 24.5. The Balaban J connectivity index is 1.28. The lowest BCUT2D eigenvalue weighted by Crippen LogP contribution is -2.38. The molecule has 0 aliphatic carbocycles. The Labute approximate surface area is 208 Å². The lowest BCUT2D eigenvalue weighted by molar-refractivity contribution is -0.121. The number of hydrogen-bond donors (Lipinski definition) is 1. The topological polar surface area (TPSA) is 76.5 Å². The van der Waals surface area contributed by atoms with Gasteiger partial charge in [0.1, 0.15) is 5.82 Å². The van der Waals surface area contributed by atoms with Crippen LogP contribution in [0.5, 0.6) is 0 Å². The summed E-state index contributed by atoms with van der Waals surface area (Å²) in [5.74, 6) is 0.256. The molecular weight excluding hydrogens is 467 g/mol. The number of nitrogens with zero attached hydrogens (tertiary/aromatic N) is 3. The quantitative estimate of drug-likeness (QED) is 0.247. The van der Waals surface area contributed by atoms with Crippen LogP contribution in [0.25, 0.3) is 16.6 Å². The molecule has 1 aliphatic heterocycles. The number of nitrogens with one attached hydrogen (secondary N) is 1. The Hall–Kier alpha value is -2.75. The van der Waals surface area contributed by atoms with E-state index in [4.69, 9.17) is 4.74 Å². The first kappa shape index (κ1) is 25.3. The molecule has 0 saturated carbocycles.